The fourth-order valence-electron chi connectivity index (χ4n) is 1.73. The molecule has 0 aliphatic carbocycles. The Balaban J connectivity index is 2.06. The van der Waals surface area contributed by atoms with Gasteiger partial charge in [-0.1, -0.05) is 37.0 Å². The van der Waals surface area contributed by atoms with Gasteiger partial charge in [-0.05, 0) is 24.1 Å². The number of aromatic nitrogens is 3. The summed E-state index contributed by atoms with van der Waals surface area (Å²) in [6, 6.07) is 5.33. The van der Waals surface area contributed by atoms with Gasteiger partial charge in [0.05, 0.1) is 17.3 Å². The zero-order valence-corrected chi connectivity index (χ0v) is 12.4. The summed E-state index contributed by atoms with van der Waals surface area (Å²) in [6.07, 6.45) is 1.57. The first-order chi connectivity index (χ1) is 9.06. The first-order valence-electron chi connectivity index (χ1n) is 6.12. The third-order valence-corrected chi connectivity index (χ3v) is 3.16. The highest BCUT2D eigenvalue weighted by Crippen LogP contribution is 2.25. The van der Waals surface area contributed by atoms with Gasteiger partial charge in [-0.15, -0.1) is 0 Å². The first-order valence-corrected chi connectivity index (χ1v) is 6.87. The van der Waals surface area contributed by atoms with Crippen LogP contribution in [-0.4, -0.2) is 14.8 Å². The summed E-state index contributed by atoms with van der Waals surface area (Å²) in [6.45, 7) is 5.70. The lowest BCUT2D eigenvalue weighted by Crippen LogP contribution is -2.13. The largest absolute Gasteiger partial charge is 0.377 e. The van der Waals surface area contributed by atoms with Gasteiger partial charge in [0, 0.05) is 11.6 Å². The summed E-state index contributed by atoms with van der Waals surface area (Å²) >= 11 is 12.0. The van der Waals surface area contributed by atoms with Gasteiger partial charge in [0.1, 0.15) is 12.2 Å². The van der Waals surface area contributed by atoms with Crippen molar-refractivity contribution in [1.29, 1.82) is 0 Å². The minimum Gasteiger partial charge on any atom is -0.377 e. The molecule has 0 saturated carbocycles. The Morgan fingerprint density at radius 1 is 1.32 bits per heavy atom. The molecule has 1 aromatic heterocycles. The minimum absolute atomic E-state index is 0.523. The Hall–Kier alpha value is -1.26. The zero-order valence-electron chi connectivity index (χ0n) is 10.9. The van der Waals surface area contributed by atoms with Gasteiger partial charge in [-0.2, -0.15) is 5.10 Å². The molecule has 0 amide bonds. The average molecular weight is 299 g/mol. The van der Waals surface area contributed by atoms with Crippen LogP contribution < -0.4 is 5.32 Å². The molecule has 1 N–H and O–H groups in total. The zero-order chi connectivity index (χ0) is 13.8. The molecule has 0 bridgehead atoms. The van der Waals surface area contributed by atoms with Crippen molar-refractivity contribution < 1.29 is 0 Å². The highest BCUT2D eigenvalue weighted by atomic mass is 35.5. The molecule has 0 atom stereocenters. The number of hydrogen-bond donors (Lipinski definition) is 1. The van der Waals surface area contributed by atoms with Crippen molar-refractivity contribution in [3.8, 4) is 0 Å². The number of rotatable bonds is 5. The molecule has 6 heteroatoms. The molecule has 102 valence electrons. The van der Waals surface area contributed by atoms with Gasteiger partial charge in [0.15, 0.2) is 0 Å². The van der Waals surface area contributed by atoms with Crippen molar-refractivity contribution in [2.75, 3.05) is 5.32 Å². The third kappa shape index (κ3) is 3.85. The predicted molar refractivity (Wildman–Crippen MR) is 78.6 cm³/mol. The molecule has 0 spiro atoms. The molecule has 0 saturated heterocycles. The van der Waals surface area contributed by atoms with Crippen LogP contribution in [0.4, 0.5) is 5.69 Å². The molecular weight excluding hydrogens is 283 g/mol. The topological polar surface area (TPSA) is 42.7 Å². The van der Waals surface area contributed by atoms with E-state index in [2.05, 4.69) is 29.2 Å². The van der Waals surface area contributed by atoms with E-state index in [0.29, 0.717) is 22.5 Å². The first kappa shape index (κ1) is 14.2. The molecular formula is C13H16Cl2N4. The van der Waals surface area contributed by atoms with E-state index in [1.165, 1.54) is 0 Å². The summed E-state index contributed by atoms with van der Waals surface area (Å²) in [5, 5.41) is 8.73. The van der Waals surface area contributed by atoms with Crippen LogP contribution >= 0.6 is 23.2 Å². The van der Waals surface area contributed by atoms with Crippen LogP contribution in [-0.2, 0) is 13.1 Å². The van der Waals surface area contributed by atoms with Crippen molar-refractivity contribution in [3.63, 3.8) is 0 Å². The van der Waals surface area contributed by atoms with Crippen molar-refractivity contribution >= 4 is 28.9 Å². The molecule has 0 aliphatic rings. The molecule has 2 rings (SSSR count). The number of halogens is 2. The van der Waals surface area contributed by atoms with Crippen molar-refractivity contribution in [3.05, 3.63) is 40.4 Å². The normalized spacial score (nSPS) is 11.0. The maximum Gasteiger partial charge on any atom is 0.146 e. The van der Waals surface area contributed by atoms with E-state index < -0.39 is 0 Å². The highest BCUT2D eigenvalue weighted by Gasteiger charge is 2.07. The van der Waals surface area contributed by atoms with Crippen LogP contribution in [0, 0.1) is 5.92 Å². The van der Waals surface area contributed by atoms with Crippen LogP contribution in [0.3, 0.4) is 0 Å². The fraction of sp³-hybridized carbons (Fsp3) is 0.385. The minimum atomic E-state index is 0.523. The molecule has 4 nitrogen and oxygen atoms in total. The lowest BCUT2D eigenvalue weighted by molar-refractivity contribution is 0.468. The van der Waals surface area contributed by atoms with E-state index in [-0.39, 0.29) is 0 Å². The maximum absolute atomic E-state index is 6.10. The van der Waals surface area contributed by atoms with Crippen LogP contribution in [0.25, 0.3) is 0 Å². The Labute approximate surface area is 122 Å². The van der Waals surface area contributed by atoms with Gasteiger partial charge in [0.2, 0.25) is 0 Å². The lowest BCUT2D eigenvalue weighted by atomic mass is 10.2. The molecule has 0 radical (unpaired) electrons. The fourth-order valence-corrected chi connectivity index (χ4v) is 2.09. The van der Waals surface area contributed by atoms with Crippen molar-refractivity contribution in [2.24, 2.45) is 5.92 Å². The second-order valence-electron chi connectivity index (χ2n) is 4.73. The molecule has 1 aromatic carbocycles. The Morgan fingerprint density at radius 2 is 2.11 bits per heavy atom. The molecule has 0 unspecified atom stereocenters. The van der Waals surface area contributed by atoms with Gasteiger partial charge in [-0.3, -0.25) is 0 Å². The third-order valence-electron chi connectivity index (χ3n) is 2.60. The number of benzene rings is 1. The van der Waals surface area contributed by atoms with Crippen molar-refractivity contribution in [2.45, 2.75) is 26.9 Å². The van der Waals surface area contributed by atoms with Gasteiger partial charge >= 0.3 is 0 Å². The van der Waals surface area contributed by atoms with E-state index in [1.54, 1.807) is 24.5 Å². The van der Waals surface area contributed by atoms with Crippen LogP contribution in [0.5, 0.6) is 0 Å². The summed E-state index contributed by atoms with van der Waals surface area (Å²) in [5.41, 5.74) is 0.799. The van der Waals surface area contributed by atoms with Gasteiger partial charge < -0.3 is 5.32 Å². The average Bonchev–Trinajstić information content (AvgIpc) is 2.77. The molecule has 19 heavy (non-hydrogen) atoms. The second kappa shape index (κ2) is 6.26. The summed E-state index contributed by atoms with van der Waals surface area (Å²) in [4.78, 5) is 4.25. The second-order valence-corrected chi connectivity index (χ2v) is 5.57. The molecule has 0 aliphatic heterocycles. The smallest absolute Gasteiger partial charge is 0.146 e. The quantitative estimate of drug-likeness (QED) is 0.911. The van der Waals surface area contributed by atoms with Crippen LogP contribution in [0.15, 0.2) is 24.5 Å². The van der Waals surface area contributed by atoms with E-state index in [1.807, 2.05) is 4.68 Å². The molecule has 0 fully saturated rings. The van der Waals surface area contributed by atoms with Crippen molar-refractivity contribution in [1.82, 2.24) is 14.8 Å². The Bertz CT molecular complexity index is 551. The van der Waals surface area contributed by atoms with E-state index in [9.17, 15) is 0 Å². The summed E-state index contributed by atoms with van der Waals surface area (Å²) < 4.78 is 1.90. The Kier molecular flexibility index (Phi) is 4.66. The van der Waals surface area contributed by atoms with E-state index >= 15 is 0 Å². The summed E-state index contributed by atoms with van der Waals surface area (Å²) in [5.74, 6) is 1.40. The molecule has 1 heterocycles. The van der Waals surface area contributed by atoms with E-state index in [4.69, 9.17) is 23.2 Å². The SMILES string of the molecule is CC(C)Cn1ncnc1CNc1cc(Cl)ccc1Cl. The van der Waals surface area contributed by atoms with Gasteiger partial charge in [0.25, 0.3) is 0 Å². The van der Waals surface area contributed by atoms with Crippen LogP contribution in [0.1, 0.15) is 19.7 Å². The number of nitrogens with one attached hydrogen (secondary N) is 1. The number of anilines is 1. The highest BCUT2D eigenvalue weighted by molar-refractivity contribution is 6.35. The van der Waals surface area contributed by atoms with Gasteiger partial charge in [-0.25, -0.2) is 9.67 Å². The van der Waals surface area contributed by atoms with E-state index in [0.717, 1.165) is 18.1 Å². The maximum atomic E-state index is 6.10. The van der Waals surface area contributed by atoms with Crippen LogP contribution in [0.2, 0.25) is 10.0 Å². The Morgan fingerprint density at radius 3 is 2.84 bits per heavy atom. The summed E-state index contributed by atoms with van der Waals surface area (Å²) in [7, 11) is 0. The lowest BCUT2D eigenvalue weighted by Gasteiger charge is -2.11. The number of nitrogens with zero attached hydrogens (tertiary/aromatic N) is 3. The molecule has 2 aromatic rings. The monoisotopic (exact) mass is 298 g/mol. The number of hydrogen-bond acceptors (Lipinski definition) is 3. The predicted octanol–water partition coefficient (Wildman–Crippen LogP) is 3.85. The standard InChI is InChI=1S/C13H16Cl2N4/c1-9(2)7-19-13(17-8-18-19)6-16-12-5-10(14)3-4-11(12)15/h3-5,8-9,16H,6-7H2,1-2H3.